The van der Waals surface area contributed by atoms with Crippen molar-refractivity contribution >= 4 is 39.6 Å². The molecule has 8 rings (SSSR count). The van der Waals surface area contributed by atoms with E-state index in [4.69, 9.17) is 40.6 Å². The summed E-state index contributed by atoms with van der Waals surface area (Å²) in [5.41, 5.74) is 4.58. The third-order valence-corrected chi connectivity index (χ3v) is 10.0. The molecular formula is C42H41NO7S. The molecule has 0 saturated carbocycles. The molecule has 3 unspecified atom stereocenters. The van der Waals surface area contributed by atoms with Crippen molar-refractivity contribution in [1.29, 1.82) is 0 Å². The monoisotopic (exact) mass is 703 g/mol. The van der Waals surface area contributed by atoms with E-state index in [-0.39, 0.29) is 18.0 Å². The van der Waals surface area contributed by atoms with Gasteiger partial charge in [-0.15, -0.1) is 0 Å². The molecule has 0 bridgehead atoms. The van der Waals surface area contributed by atoms with E-state index in [2.05, 4.69) is 45.0 Å². The first-order valence-corrected chi connectivity index (χ1v) is 17.5. The Morgan fingerprint density at radius 1 is 0.863 bits per heavy atom. The Kier molecular flexibility index (Phi) is 9.48. The van der Waals surface area contributed by atoms with Crippen LogP contribution in [0.2, 0.25) is 0 Å². The van der Waals surface area contributed by atoms with Crippen LogP contribution in [-0.2, 0) is 6.42 Å². The average molecular weight is 704 g/mol. The zero-order chi connectivity index (χ0) is 35.8. The number of rotatable bonds is 5. The maximum atomic E-state index is 13.5. The molecule has 0 N–H and O–H groups in total. The number of carbonyl (C=O) groups is 1. The van der Waals surface area contributed by atoms with Crippen LogP contribution in [0.25, 0.3) is 10.8 Å². The Morgan fingerprint density at radius 3 is 2.37 bits per heavy atom. The largest absolute Gasteiger partial charge is 0.493 e. The van der Waals surface area contributed by atoms with Crippen LogP contribution in [0.4, 0.5) is 5.69 Å². The number of aryl methyl sites for hydroxylation is 1. The molecule has 8 nitrogen and oxygen atoms in total. The molecule has 0 amide bonds. The summed E-state index contributed by atoms with van der Waals surface area (Å²) in [4.78, 5) is 15.4. The third-order valence-electron chi connectivity index (χ3n) is 9.68. The first-order chi connectivity index (χ1) is 24.6. The van der Waals surface area contributed by atoms with Crippen molar-refractivity contribution in [2.75, 3.05) is 32.8 Å². The van der Waals surface area contributed by atoms with Gasteiger partial charge in [-0.05, 0) is 83.9 Å². The number of ketones is 1. The van der Waals surface area contributed by atoms with E-state index in [9.17, 15) is 4.79 Å². The average Bonchev–Trinajstić information content (AvgIpc) is 3.60. The quantitative estimate of drug-likeness (QED) is 0.167. The molecule has 0 saturated heterocycles. The normalized spacial score (nSPS) is 18.0. The molecule has 9 heteroatoms. The van der Waals surface area contributed by atoms with E-state index >= 15 is 0 Å². The van der Waals surface area contributed by atoms with Gasteiger partial charge >= 0.3 is 0 Å². The van der Waals surface area contributed by atoms with Crippen molar-refractivity contribution < 1.29 is 33.2 Å². The number of benzene rings is 5. The fourth-order valence-corrected chi connectivity index (χ4v) is 7.01. The number of thiocarbonyl (C=S) groups is 1. The van der Waals surface area contributed by atoms with Crippen LogP contribution in [0.5, 0.6) is 34.5 Å². The van der Waals surface area contributed by atoms with Gasteiger partial charge in [-0.1, -0.05) is 56.3 Å². The lowest BCUT2D eigenvalue weighted by atomic mass is 9.81. The van der Waals surface area contributed by atoms with Crippen molar-refractivity contribution in [3.8, 4) is 34.5 Å². The fraction of sp³-hybridized carbons (Fsp3) is 0.286. The van der Waals surface area contributed by atoms with E-state index in [0.717, 1.165) is 40.1 Å². The molecule has 3 atom stereocenters. The van der Waals surface area contributed by atoms with Crippen molar-refractivity contribution in [1.82, 2.24) is 0 Å². The zero-order valence-electron chi connectivity index (χ0n) is 29.6. The lowest BCUT2D eigenvalue weighted by Crippen LogP contribution is -2.43. The van der Waals surface area contributed by atoms with Gasteiger partial charge in [-0.25, -0.2) is 0 Å². The van der Waals surface area contributed by atoms with Gasteiger partial charge in [0.05, 0.1) is 25.7 Å². The minimum absolute atomic E-state index is 0.0452. The molecule has 51 heavy (non-hydrogen) atoms. The number of hydrogen-bond acceptors (Lipinski definition) is 8. The Labute approximate surface area is 303 Å². The summed E-state index contributed by atoms with van der Waals surface area (Å²) in [7, 11) is 5.07. The molecule has 0 fully saturated rings. The van der Waals surface area contributed by atoms with E-state index in [1.54, 1.807) is 20.3 Å². The zero-order valence-corrected chi connectivity index (χ0v) is 30.4. The summed E-state index contributed by atoms with van der Waals surface area (Å²) in [6.45, 7) is 6.64. The maximum absolute atomic E-state index is 13.5. The molecule has 0 spiro atoms. The van der Waals surface area contributed by atoms with E-state index in [0.29, 0.717) is 46.3 Å². The number of hydrogen-bond donors (Lipinski definition) is 0. The van der Waals surface area contributed by atoms with E-state index < -0.39 is 5.92 Å². The van der Waals surface area contributed by atoms with Crippen LogP contribution in [-0.4, -0.2) is 51.0 Å². The smallest absolute Gasteiger partial charge is 0.269 e. The number of fused-ring (bicyclic) bond motifs is 7. The highest BCUT2D eigenvalue weighted by molar-refractivity contribution is 7.80. The van der Waals surface area contributed by atoms with E-state index in [1.165, 1.54) is 10.9 Å². The van der Waals surface area contributed by atoms with Crippen LogP contribution in [0.1, 0.15) is 46.8 Å². The van der Waals surface area contributed by atoms with Crippen LogP contribution in [0.3, 0.4) is 0 Å². The SMILES string of the molecule is COc1cc2c(cc1OC)C1C(=O)c3ccc4c(c3OC1CO2)CC(C(C)C)O4.Cc1cccc(N(C)C(=S)Oc2ccc3ccccc3c2)c1. The minimum Gasteiger partial charge on any atom is -0.493 e. The number of Topliss-reactive ketones (excluding diaryl/α,β-unsaturated/α-hetero) is 1. The Balaban J connectivity index is 0.000000166. The Bertz CT molecular complexity index is 2130. The first-order valence-electron chi connectivity index (χ1n) is 17.1. The summed E-state index contributed by atoms with van der Waals surface area (Å²) in [6.07, 6.45) is 0.474. The lowest BCUT2D eigenvalue weighted by Gasteiger charge is -2.37. The highest BCUT2D eigenvalue weighted by Crippen LogP contribution is 2.50. The molecule has 3 heterocycles. The molecule has 3 aliphatic rings. The Hall–Kier alpha value is -5.28. The highest BCUT2D eigenvalue weighted by atomic mass is 32.1. The molecule has 5 aromatic rings. The van der Waals surface area contributed by atoms with Gasteiger partial charge in [0.2, 0.25) is 0 Å². The van der Waals surface area contributed by atoms with Crippen molar-refractivity contribution in [3.05, 3.63) is 113 Å². The van der Waals surface area contributed by atoms with Crippen molar-refractivity contribution in [2.45, 2.75) is 45.3 Å². The predicted octanol–water partition coefficient (Wildman–Crippen LogP) is 8.73. The number of methoxy groups -OCH3 is 2. The molecule has 3 aliphatic heterocycles. The van der Waals surface area contributed by atoms with E-state index in [1.807, 2.05) is 72.6 Å². The van der Waals surface area contributed by atoms with Gasteiger partial charge in [0.15, 0.2) is 17.3 Å². The molecule has 0 radical (unpaired) electrons. The van der Waals surface area contributed by atoms with Gasteiger partial charge < -0.3 is 33.3 Å². The maximum Gasteiger partial charge on any atom is 0.269 e. The second-order valence-corrected chi connectivity index (χ2v) is 13.7. The van der Waals surface area contributed by atoms with Crippen molar-refractivity contribution in [2.24, 2.45) is 5.92 Å². The topological polar surface area (TPSA) is 75.7 Å². The third kappa shape index (κ3) is 6.66. The lowest BCUT2D eigenvalue weighted by molar-refractivity contribution is 0.0554. The Morgan fingerprint density at radius 2 is 1.63 bits per heavy atom. The second kappa shape index (κ2) is 14.2. The van der Waals surface area contributed by atoms with Crippen LogP contribution < -0.4 is 33.3 Å². The molecule has 0 aliphatic carbocycles. The first kappa shape index (κ1) is 34.2. The van der Waals surface area contributed by atoms with Gasteiger partial charge in [0, 0.05) is 36.3 Å². The molecule has 0 aromatic heterocycles. The van der Waals surface area contributed by atoms with Crippen LogP contribution in [0, 0.1) is 12.8 Å². The van der Waals surface area contributed by atoms with Gasteiger partial charge in [0.25, 0.3) is 5.17 Å². The summed E-state index contributed by atoms with van der Waals surface area (Å²) >= 11 is 5.41. The number of ether oxygens (including phenoxy) is 6. The molecule has 5 aromatic carbocycles. The van der Waals surface area contributed by atoms with Crippen LogP contribution >= 0.6 is 12.2 Å². The minimum atomic E-state index is -0.438. The standard InChI is InChI=1S/C23H24O6.C19H17NOS/c1-11(2)16-8-14-15(28-16)6-5-12-22(24)21-13-7-18(25-3)19(26-4)9-17(13)27-10-20(21)29-23(12)14;1-14-6-5-9-17(12-14)20(2)19(22)21-18-11-10-15-7-3-4-8-16(15)13-18/h5-7,9,11,16,20-21H,8,10H2,1-4H3;3-13H,1-2H3. The summed E-state index contributed by atoms with van der Waals surface area (Å²) in [5, 5.41) is 2.76. The summed E-state index contributed by atoms with van der Waals surface area (Å²) < 4.78 is 35.0. The molecular weight excluding hydrogens is 663 g/mol. The molecule has 262 valence electrons. The number of anilines is 1. The van der Waals surface area contributed by atoms with Gasteiger partial charge in [0.1, 0.15) is 41.8 Å². The van der Waals surface area contributed by atoms with Gasteiger partial charge in [-0.2, -0.15) is 0 Å². The summed E-state index contributed by atoms with van der Waals surface area (Å²) in [6, 6.07) is 29.7. The fourth-order valence-electron chi connectivity index (χ4n) is 6.81. The van der Waals surface area contributed by atoms with Crippen molar-refractivity contribution in [3.63, 3.8) is 0 Å². The predicted molar refractivity (Wildman–Crippen MR) is 203 cm³/mol. The van der Waals surface area contributed by atoms with Gasteiger partial charge in [-0.3, -0.25) is 4.79 Å². The second-order valence-electron chi connectivity index (χ2n) is 13.4. The summed E-state index contributed by atoms with van der Waals surface area (Å²) in [5.74, 6) is 3.99. The number of carbonyl (C=O) groups excluding carboxylic acids is 1. The van der Waals surface area contributed by atoms with Crippen LogP contribution in [0.15, 0.2) is 91.0 Å². The highest BCUT2D eigenvalue weighted by Gasteiger charge is 2.45. The number of nitrogens with zero attached hydrogens (tertiary/aromatic N) is 1.